The van der Waals surface area contributed by atoms with E-state index >= 15 is 0 Å². The lowest BCUT2D eigenvalue weighted by molar-refractivity contribution is 0.674. The van der Waals surface area contributed by atoms with E-state index in [-0.39, 0.29) is 0 Å². The van der Waals surface area contributed by atoms with E-state index in [1.54, 1.807) is 0 Å². The van der Waals surface area contributed by atoms with E-state index in [1.165, 1.54) is 32.7 Å². The van der Waals surface area contributed by atoms with Gasteiger partial charge in [0.1, 0.15) is 11.1 Å². The molecule has 11 rings (SSSR count). The summed E-state index contributed by atoms with van der Waals surface area (Å²) in [4.78, 5) is 2.38. The van der Waals surface area contributed by atoms with E-state index in [1.807, 2.05) is 0 Å². The van der Waals surface area contributed by atoms with Crippen LogP contribution < -0.4 is 4.90 Å². The topological polar surface area (TPSA) is 21.3 Å². The van der Waals surface area contributed by atoms with Crippen molar-refractivity contribution >= 4 is 71.6 Å². The molecule has 11 aromatic rings. The minimum atomic E-state index is 0.885. The van der Waals surface area contributed by atoms with Crippen molar-refractivity contribution in [1.82, 2.24) is 4.57 Å². The average molecular weight is 703 g/mol. The molecule has 0 spiro atoms. The molecule has 0 atom stereocenters. The summed E-state index contributed by atoms with van der Waals surface area (Å²) in [6.07, 6.45) is 0. The van der Waals surface area contributed by atoms with Crippen LogP contribution in [0.1, 0.15) is 0 Å². The third-order valence-electron chi connectivity index (χ3n) is 11.0. The van der Waals surface area contributed by atoms with Gasteiger partial charge < -0.3 is 13.9 Å². The fourth-order valence-corrected chi connectivity index (χ4v) is 8.47. The van der Waals surface area contributed by atoms with Crippen molar-refractivity contribution in [2.45, 2.75) is 0 Å². The summed E-state index contributed by atoms with van der Waals surface area (Å²) in [6, 6.07) is 73.8. The molecule has 0 aliphatic rings. The van der Waals surface area contributed by atoms with Gasteiger partial charge in [-0.25, -0.2) is 0 Å². The Bertz CT molecular complexity index is 3200. The van der Waals surface area contributed by atoms with Gasteiger partial charge in [-0.2, -0.15) is 0 Å². The van der Waals surface area contributed by atoms with Crippen molar-refractivity contribution in [3.8, 4) is 27.9 Å². The number of hydrogen-bond donors (Lipinski definition) is 0. The predicted octanol–water partition coefficient (Wildman–Crippen LogP) is 14.6. The van der Waals surface area contributed by atoms with Crippen molar-refractivity contribution in [2.24, 2.45) is 0 Å². The van der Waals surface area contributed by atoms with Crippen LogP contribution in [0.15, 0.2) is 211 Å². The third kappa shape index (κ3) is 5.05. The molecule has 55 heavy (non-hydrogen) atoms. The van der Waals surface area contributed by atoms with Crippen LogP contribution in [0.5, 0.6) is 0 Å². The summed E-state index contributed by atoms with van der Waals surface area (Å²) in [5.74, 6) is 0. The number of benzene rings is 9. The van der Waals surface area contributed by atoms with Gasteiger partial charge in [0.15, 0.2) is 5.58 Å². The van der Waals surface area contributed by atoms with Crippen LogP contribution in [0.2, 0.25) is 0 Å². The van der Waals surface area contributed by atoms with Crippen molar-refractivity contribution < 1.29 is 4.42 Å². The van der Waals surface area contributed by atoms with Gasteiger partial charge in [0, 0.05) is 38.8 Å². The molecule has 0 unspecified atom stereocenters. The van der Waals surface area contributed by atoms with E-state index in [0.717, 1.165) is 66.8 Å². The highest BCUT2D eigenvalue weighted by Gasteiger charge is 2.22. The second-order valence-corrected chi connectivity index (χ2v) is 14.1. The SMILES string of the molecule is c1ccc(-n2c3ccccc3c3oc4c(-c5cccc(N(c6ccc(-c7cccc8ccccc78)cc6)c6cccc7ccccc67)c5)cccc4c32)cc1. The predicted molar refractivity (Wildman–Crippen MR) is 231 cm³/mol. The summed E-state index contributed by atoms with van der Waals surface area (Å²) in [6.45, 7) is 0. The molecule has 9 aromatic carbocycles. The summed E-state index contributed by atoms with van der Waals surface area (Å²) < 4.78 is 9.27. The first-order valence-corrected chi connectivity index (χ1v) is 18.8. The largest absolute Gasteiger partial charge is 0.453 e. The zero-order valence-electron chi connectivity index (χ0n) is 29.9. The van der Waals surface area contributed by atoms with Gasteiger partial charge in [-0.1, -0.05) is 146 Å². The lowest BCUT2D eigenvalue weighted by Gasteiger charge is -2.27. The summed E-state index contributed by atoms with van der Waals surface area (Å²) in [5, 5.41) is 7.08. The maximum absolute atomic E-state index is 6.93. The minimum Gasteiger partial charge on any atom is -0.453 e. The Morgan fingerprint density at radius 1 is 0.382 bits per heavy atom. The lowest BCUT2D eigenvalue weighted by atomic mass is 9.97. The van der Waals surface area contributed by atoms with Gasteiger partial charge in [0.25, 0.3) is 0 Å². The molecule has 0 amide bonds. The maximum Gasteiger partial charge on any atom is 0.161 e. The molecule has 0 saturated carbocycles. The minimum absolute atomic E-state index is 0.885. The molecule has 0 N–H and O–H groups in total. The Balaban J connectivity index is 1.09. The zero-order chi connectivity index (χ0) is 36.3. The van der Waals surface area contributed by atoms with Crippen molar-refractivity contribution in [3.63, 3.8) is 0 Å². The van der Waals surface area contributed by atoms with Crippen molar-refractivity contribution in [1.29, 1.82) is 0 Å². The fourth-order valence-electron chi connectivity index (χ4n) is 8.47. The molecule has 0 aliphatic heterocycles. The highest BCUT2D eigenvalue weighted by Crippen LogP contribution is 2.44. The van der Waals surface area contributed by atoms with Crippen molar-refractivity contribution in [3.05, 3.63) is 206 Å². The second-order valence-electron chi connectivity index (χ2n) is 14.1. The molecule has 258 valence electrons. The van der Waals surface area contributed by atoms with E-state index < -0.39 is 0 Å². The van der Waals surface area contributed by atoms with Crippen molar-refractivity contribution in [2.75, 3.05) is 4.90 Å². The number of para-hydroxylation sites is 3. The van der Waals surface area contributed by atoms with E-state index in [9.17, 15) is 0 Å². The first-order chi connectivity index (χ1) is 27.3. The monoisotopic (exact) mass is 702 g/mol. The maximum atomic E-state index is 6.93. The fraction of sp³-hybridized carbons (Fsp3) is 0. The molecule has 0 aliphatic carbocycles. The molecule has 0 bridgehead atoms. The van der Waals surface area contributed by atoms with Gasteiger partial charge >= 0.3 is 0 Å². The molecule has 3 nitrogen and oxygen atoms in total. The van der Waals surface area contributed by atoms with Crippen LogP contribution in [0.4, 0.5) is 17.1 Å². The number of nitrogens with zero attached hydrogens (tertiary/aromatic N) is 2. The van der Waals surface area contributed by atoms with Crippen LogP contribution in [0, 0.1) is 0 Å². The molecular weight excluding hydrogens is 669 g/mol. The number of aromatic nitrogens is 1. The van der Waals surface area contributed by atoms with Crippen LogP contribution in [0.25, 0.3) is 82.5 Å². The first-order valence-electron chi connectivity index (χ1n) is 18.8. The van der Waals surface area contributed by atoms with Gasteiger partial charge in [-0.3, -0.25) is 0 Å². The Kier molecular flexibility index (Phi) is 7.17. The van der Waals surface area contributed by atoms with Gasteiger partial charge in [0.05, 0.1) is 11.2 Å². The Morgan fingerprint density at radius 3 is 1.84 bits per heavy atom. The molecule has 0 radical (unpaired) electrons. The molecule has 0 fully saturated rings. The number of rotatable bonds is 6. The summed E-state index contributed by atoms with van der Waals surface area (Å²) in [7, 11) is 0. The highest BCUT2D eigenvalue weighted by molar-refractivity contribution is 6.18. The smallest absolute Gasteiger partial charge is 0.161 e. The zero-order valence-corrected chi connectivity index (χ0v) is 29.9. The second kappa shape index (κ2) is 12.6. The molecular formula is C52H34N2O. The van der Waals surface area contributed by atoms with Gasteiger partial charge in [-0.05, 0) is 93.5 Å². The van der Waals surface area contributed by atoms with Gasteiger partial charge in [0.2, 0.25) is 0 Å². The number of furan rings is 1. The Labute approximate surface area is 318 Å². The third-order valence-corrected chi connectivity index (χ3v) is 11.0. The molecule has 3 heteroatoms. The lowest BCUT2D eigenvalue weighted by Crippen LogP contribution is -2.10. The van der Waals surface area contributed by atoms with E-state index in [4.69, 9.17) is 4.42 Å². The van der Waals surface area contributed by atoms with Crippen LogP contribution in [-0.4, -0.2) is 4.57 Å². The van der Waals surface area contributed by atoms with E-state index in [0.29, 0.717) is 0 Å². The summed E-state index contributed by atoms with van der Waals surface area (Å²) in [5.41, 5.74) is 13.0. The van der Waals surface area contributed by atoms with Gasteiger partial charge in [-0.15, -0.1) is 0 Å². The number of anilines is 3. The molecule has 2 aromatic heterocycles. The quantitative estimate of drug-likeness (QED) is 0.172. The Morgan fingerprint density at radius 2 is 1.00 bits per heavy atom. The average Bonchev–Trinajstić information content (AvgIpc) is 3.79. The molecule has 0 saturated heterocycles. The number of fused-ring (bicyclic) bond motifs is 7. The standard InChI is InChI=1S/C52H34N2O/c1-2-19-39(20-3-1)54-49-28-9-8-24-46(49)52-50(54)47-27-13-26-45(51(47)55-52)38-18-10-21-41(34-38)53(48-29-12-17-36-15-5-7-23-44(36)48)40-32-30-37(31-33-40)43-25-11-16-35-14-4-6-22-42(35)43/h1-34H. The number of hydrogen-bond acceptors (Lipinski definition) is 2. The first kappa shape index (κ1) is 31.2. The molecule has 2 heterocycles. The van der Waals surface area contributed by atoms with Crippen LogP contribution in [-0.2, 0) is 0 Å². The van der Waals surface area contributed by atoms with Crippen LogP contribution in [0.3, 0.4) is 0 Å². The summed E-state index contributed by atoms with van der Waals surface area (Å²) >= 11 is 0. The Hall–Kier alpha value is -7.36. The van der Waals surface area contributed by atoms with Crippen LogP contribution >= 0.6 is 0 Å². The van der Waals surface area contributed by atoms with E-state index in [2.05, 4.69) is 216 Å². The highest BCUT2D eigenvalue weighted by atomic mass is 16.3. The normalized spacial score (nSPS) is 11.6.